The Balaban J connectivity index is 0.00000289. The molecule has 0 aliphatic heterocycles. The molecule has 0 saturated heterocycles. The summed E-state index contributed by atoms with van der Waals surface area (Å²) in [6, 6.07) is 15.6. The van der Waals surface area contributed by atoms with E-state index in [0.717, 1.165) is 0 Å². The number of fused-ring (bicyclic) bond motifs is 2. The fourth-order valence-corrected chi connectivity index (χ4v) is 4.82. The molecule has 0 atom stereocenters. The minimum atomic E-state index is -5.03. The van der Waals surface area contributed by atoms with Gasteiger partial charge in [-0.25, -0.2) is 8.42 Å². The average Bonchev–Trinajstić information content (AvgIpc) is 2.70. The Bertz CT molecular complexity index is 1600. The molecular formula is C20H12BaN2O7S2. The smallest absolute Gasteiger partial charge is 0.871 e. The maximum atomic E-state index is 12.3. The van der Waals surface area contributed by atoms with Crippen LogP contribution in [-0.2, 0) is 20.2 Å². The van der Waals surface area contributed by atoms with Crippen LogP contribution in [0.3, 0.4) is 0 Å². The summed E-state index contributed by atoms with van der Waals surface area (Å²) in [6.45, 7) is 0. The standard InChI is InChI=1S/C20H14N2O7S2.Ba/c23-17-10-9-12-5-1-2-6-13(12)19(17)22-21-16-11-18(30(24,25)26)14-7-3-4-8-15(14)20(16)31(27,28)29;/h1-11,23H,(H,24,25,26)(H,27,28,29);/q;+2/p-2. The third kappa shape index (κ3) is 4.76. The van der Waals surface area contributed by atoms with Gasteiger partial charge < -0.3 is 9.66 Å². The van der Waals surface area contributed by atoms with Crippen molar-refractivity contribution in [2.45, 2.75) is 9.79 Å². The first-order chi connectivity index (χ1) is 14.6. The maximum Gasteiger partial charge on any atom is 2.00 e. The van der Waals surface area contributed by atoms with E-state index in [4.69, 9.17) is 0 Å². The van der Waals surface area contributed by atoms with E-state index in [1.54, 1.807) is 30.3 Å². The largest absolute Gasteiger partial charge is 2.00 e. The zero-order chi connectivity index (χ0) is 22.4. The van der Waals surface area contributed by atoms with Crippen LogP contribution in [0.15, 0.2) is 86.7 Å². The van der Waals surface area contributed by atoms with Crippen molar-refractivity contribution >= 4 is 102 Å². The molecule has 0 fully saturated rings. The molecule has 4 aromatic carbocycles. The molecule has 0 saturated carbocycles. The zero-order valence-electron chi connectivity index (χ0n) is 16.2. The molecule has 4 aromatic rings. The van der Waals surface area contributed by atoms with Crippen molar-refractivity contribution in [2.24, 2.45) is 10.2 Å². The minimum Gasteiger partial charge on any atom is -0.871 e. The Morgan fingerprint density at radius 3 is 2.00 bits per heavy atom. The summed E-state index contributed by atoms with van der Waals surface area (Å²) in [5.41, 5.74) is -0.706. The van der Waals surface area contributed by atoms with Crippen LogP contribution in [0, 0.1) is 0 Å². The van der Waals surface area contributed by atoms with E-state index in [1.165, 1.54) is 30.3 Å². The van der Waals surface area contributed by atoms with Gasteiger partial charge in [0.1, 0.15) is 20.7 Å². The summed E-state index contributed by atoms with van der Waals surface area (Å²) in [7, 11) is -9.94. The van der Waals surface area contributed by atoms with Gasteiger partial charge in [0, 0.05) is 16.2 Å². The number of benzene rings is 4. The summed E-state index contributed by atoms with van der Waals surface area (Å²) in [4.78, 5) is -1.46. The van der Waals surface area contributed by atoms with Crippen LogP contribution in [-0.4, -0.2) is 74.8 Å². The molecular weight excluding hydrogens is 582 g/mol. The van der Waals surface area contributed by atoms with E-state index in [2.05, 4.69) is 10.2 Å². The summed E-state index contributed by atoms with van der Waals surface area (Å²) in [6.07, 6.45) is 0. The van der Waals surface area contributed by atoms with Crippen molar-refractivity contribution < 1.29 is 31.0 Å². The van der Waals surface area contributed by atoms with Crippen LogP contribution in [0.2, 0.25) is 0 Å². The summed E-state index contributed by atoms with van der Waals surface area (Å²) in [5, 5.41) is 20.6. The summed E-state index contributed by atoms with van der Waals surface area (Å²) in [5.74, 6) is -0.506. The first-order valence-electron chi connectivity index (χ1n) is 8.67. The second-order valence-electron chi connectivity index (χ2n) is 6.53. The zero-order valence-corrected chi connectivity index (χ0v) is 22.2. The predicted octanol–water partition coefficient (Wildman–Crippen LogP) is 3.25. The third-order valence-corrected chi connectivity index (χ3v) is 6.41. The van der Waals surface area contributed by atoms with Crippen molar-refractivity contribution in [3.63, 3.8) is 0 Å². The van der Waals surface area contributed by atoms with E-state index < -0.39 is 41.5 Å². The van der Waals surface area contributed by atoms with Gasteiger partial charge in [-0.15, -0.1) is 5.11 Å². The molecule has 4 rings (SSSR count). The van der Waals surface area contributed by atoms with E-state index in [9.17, 15) is 31.0 Å². The predicted molar refractivity (Wildman–Crippen MR) is 115 cm³/mol. The molecule has 0 aliphatic rings. The first-order valence-corrected chi connectivity index (χ1v) is 11.5. The molecule has 0 spiro atoms. The van der Waals surface area contributed by atoms with E-state index in [0.29, 0.717) is 16.8 Å². The second-order valence-corrected chi connectivity index (χ2v) is 9.24. The van der Waals surface area contributed by atoms with E-state index >= 15 is 0 Å². The van der Waals surface area contributed by atoms with Gasteiger partial charge in [-0.05, 0) is 11.5 Å². The number of hydrogen-bond donors (Lipinski definition) is 1. The number of nitrogens with zero attached hydrogens (tertiary/aromatic N) is 2. The number of hydrogen-bond acceptors (Lipinski definition) is 8. The van der Waals surface area contributed by atoms with E-state index in [-0.39, 0.29) is 65.3 Å². The molecule has 0 amide bonds. The van der Waals surface area contributed by atoms with Gasteiger partial charge in [0.05, 0.1) is 10.6 Å². The SMILES string of the molecule is O=S(=O)([O-])c1cc(N=Nc2c([O-])ccc3ccccc23)c(S(=O)(=O)O)c2ccccc12.[Ba+2]. The monoisotopic (exact) mass is 594 g/mol. The fourth-order valence-electron chi connectivity index (χ4n) is 3.30. The van der Waals surface area contributed by atoms with Gasteiger partial charge in [0.15, 0.2) is 0 Å². The quantitative estimate of drug-likeness (QED) is 0.216. The van der Waals surface area contributed by atoms with Crippen LogP contribution in [0.5, 0.6) is 5.75 Å². The van der Waals surface area contributed by atoms with Gasteiger partial charge in [-0.2, -0.15) is 13.5 Å². The normalized spacial score (nSPS) is 12.3. The summed E-state index contributed by atoms with van der Waals surface area (Å²) >= 11 is 0. The van der Waals surface area contributed by atoms with Gasteiger partial charge in [0.2, 0.25) is 0 Å². The molecule has 158 valence electrons. The van der Waals surface area contributed by atoms with Crippen LogP contribution in [0.25, 0.3) is 21.5 Å². The number of rotatable bonds is 4. The first kappa shape index (κ1) is 24.8. The molecule has 32 heavy (non-hydrogen) atoms. The second kappa shape index (κ2) is 9.21. The molecule has 1 N–H and O–H groups in total. The van der Waals surface area contributed by atoms with Crippen molar-refractivity contribution in [2.75, 3.05) is 0 Å². The van der Waals surface area contributed by atoms with Gasteiger partial charge in [0.25, 0.3) is 10.1 Å². The molecule has 0 unspecified atom stereocenters. The minimum absolute atomic E-state index is 0. The Hall–Kier alpha value is -1.81. The van der Waals surface area contributed by atoms with Crippen LogP contribution in [0.4, 0.5) is 11.4 Å². The Kier molecular flexibility index (Phi) is 7.14. The Morgan fingerprint density at radius 2 is 1.38 bits per heavy atom. The Labute approximate surface area is 223 Å². The van der Waals surface area contributed by atoms with Gasteiger partial charge in [-0.1, -0.05) is 66.4 Å². The Morgan fingerprint density at radius 1 is 0.781 bits per heavy atom. The maximum absolute atomic E-state index is 12.3. The molecule has 0 aliphatic carbocycles. The van der Waals surface area contributed by atoms with Crippen molar-refractivity contribution in [1.82, 2.24) is 0 Å². The molecule has 9 nitrogen and oxygen atoms in total. The van der Waals surface area contributed by atoms with Crippen LogP contribution >= 0.6 is 0 Å². The molecule has 0 bridgehead atoms. The molecule has 0 radical (unpaired) electrons. The summed E-state index contributed by atoms with van der Waals surface area (Å²) < 4.78 is 69.3. The van der Waals surface area contributed by atoms with Crippen LogP contribution < -0.4 is 5.11 Å². The average molecular weight is 594 g/mol. The third-order valence-electron chi connectivity index (χ3n) is 4.59. The van der Waals surface area contributed by atoms with Gasteiger partial charge in [-0.3, -0.25) is 4.55 Å². The van der Waals surface area contributed by atoms with Crippen molar-refractivity contribution in [1.29, 1.82) is 0 Å². The van der Waals surface area contributed by atoms with Crippen molar-refractivity contribution in [3.8, 4) is 5.75 Å². The molecule has 0 heterocycles. The number of azo groups is 1. The van der Waals surface area contributed by atoms with Crippen LogP contribution in [0.1, 0.15) is 0 Å². The fraction of sp³-hybridized carbons (Fsp3) is 0. The molecule has 12 heteroatoms. The van der Waals surface area contributed by atoms with E-state index in [1.807, 2.05) is 0 Å². The van der Waals surface area contributed by atoms with Crippen molar-refractivity contribution in [3.05, 3.63) is 66.7 Å². The van der Waals surface area contributed by atoms with Gasteiger partial charge >= 0.3 is 48.9 Å². The topological polar surface area (TPSA) is 159 Å². The molecule has 0 aromatic heterocycles.